The molecule has 0 aliphatic carbocycles. The van der Waals surface area contributed by atoms with E-state index < -0.39 is 0 Å². The van der Waals surface area contributed by atoms with Gasteiger partial charge in [-0.3, -0.25) is 0 Å². The van der Waals surface area contributed by atoms with E-state index >= 15 is 0 Å². The highest BCUT2D eigenvalue weighted by Gasteiger charge is 2.18. The molecule has 0 aliphatic heterocycles. The smallest absolute Gasteiger partial charge is 0.0464 e. The van der Waals surface area contributed by atoms with Crippen LogP contribution in [0.25, 0.3) is 0 Å². The van der Waals surface area contributed by atoms with Crippen LogP contribution in [0.5, 0.6) is 0 Å². The van der Waals surface area contributed by atoms with Crippen LogP contribution >= 0.6 is 0 Å². The van der Waals surface area contributed by atoms with Crippen molar-refractivity contribution in [3.05, 3.63) is 452 Å². The molecule has 1 atom stereocenters. The molecule has 15 rings (SSSR count). The van der Waals surface area contributed by atoms with Crippen LogP contribution in [-0.4, -0.2) is 0 Å². The van der Waals surface area contributed by atoms with E-state index in [4.69, 9.17) is 0 Å². The molecule has 5 heteroatoms. The Hall–Kier alpha value is -12.7. The minimum atomic E-state index is 0.801. The van der Waals surface area contributed by atoms with Gasteiger partial charge in [0.15, 0.2) is 0 Å². The quantitative estimate of drug-likeness (QED) is 0.0390. The minimum Gasteiger partial charge on any atom is -0.311 e. The number of hydrogen-bond donors (Lipinski definition) is 0. The number of rotatable bonds is 32. The van der Waals surface area contributed by atoms with Gasteiger partial charge in [-0.15, -0.1) is 0 Å². The monoisotopic (exact) mass is 1560 g/mol. The van der Waals surface area contributed by atoms with E-state index in [1.807, 2.05) is 24.3 Å². The van der Waals surface area contributed by atoms with E-state index in [1.54, 1.807) is 0 Å². The number of nitrogens with zero attached hydrogens (tertiary/aromatic N) is 5. The highest BCUT2D eigenvalue weighted by molar-refractivity contribution is 5.81. The van der Waals surface area contributed by atoms with Gasteiger partial charge in [0.25, 0.3) is 0 Å². The fourth-order valence-corrected chi connectivity index (χ4v) is 14.9. The molecule has 5 nitrogen and oxygen atoms in total. The summed E-state index contributed by atoms with van der Waals surface area (Å²) in [6, 6.07) is 148. The molecule has 0 amide bonds. The summed E-state index contributed by atoms with van der Waals surface area (Å²) < 4.78 is 0. The molecule has 0 fully saturated rings. The molecule has 0 N–H and O–H groups in total. The zero-order valence-electron chi connectivity index (χ0n) is 71.5. The van der Waals surface area contributed by atoms with Crippen molar-refractivity contribution in [1.82, 2.24) is 0 Å². The lowest BCUT2D eigenvalue weighted by Crippen LogP contribution is -2.10. The summed E-state index contributed by atoms with van der Waals surface area (Å²) in [5.41, 5.74) is 26.1. The number of aryl methyl sites for hydroxylation is 5. The average molecular weight is 1560 g/mol. The Morgan fingerprint density at radius 1 is 0.193 bits per heavy atom. The number of anilines is 15. The largest absolute Gasteiger partial charge is 0.311 e. The van der Waals surface area contributed by atoms with Gasteiger partial charge in [-0.05, 0) is 274 Å². The molecule has 0 radical (unpaired) electrons. The first-order chi connectivity index (χ1) is 58.7. The van der Waals surface area contributed by atoms with Gasteiger partial charge in [-0.25, -0.2) is 0 Å². The summed E-state index contributed by atoms with van der Waals surface area (Å²) >= 11 is 0. The Balaban J connectivity index is 0.000000146. The highest BCUT2D eigenvalue weighted by atomic mass is 15.2. The Morgan fingerprint density at radius 3 is 0.681 bits per heavy atom. The van der Waals surface area contributed by atoms with Crippen LogP contribution in [0.1, 0.15) is 145 Å². The van der Waals surface area contributed by atoms with Gasteiger partial charge in [0.2, 0.25) is 0 Å². The van der Waals surface area contributed by atoms with Crippen LogP contribution in [0.15, 0.2) is 419 Å². The number of para-hydroxylation sites is 10. The van der Waals surface area contributed by atoms with Crippen molar-refractivity contribution in [2.45, 2.75) is 151 Å². The summed E-state index contributed by atoms with van der Waals surface area (Å²) in [4.78, 5) is 11.5. The predicted octanol–water partition coefficient (Wildman–Crippen LogP) is 34.0. The first-order valence-corrected chi connectivity index (χ1v) is 43.7. The highest BCUT2D eigenvalue weighted by Crippen LogP contribution is 2.40. The van der Waals surface area contributed by atoms with Crippen molar-refractivity contribution in [2.75, 3.05) is 24.5 Å². The van der Waals surface area contributed by atoms with Gasteiger partial charge in [0.1, 0.15) is 0 Å². The summed E-state index contributed by atoms with van der Waals surface area (Å²) in [6.45, 7) is 15.6. The van der Waals surface area contributed by atoms with E-state index in [-0.39, 0.29) is 0 Å². The Labute approximate surface area is 714 Å². The third-order valence-corrected chi connectivity index (χ3v) is 21.8. The van der Waals surface area contributed by atoms with Crippen molar-refractivity contribution in [2.24, 2.45) is 5.92 Å². The molecule has 0 spiro atoms. The molecule has 15 aromatic carbocycles. The van der Waals surface area contributed by atoms with E-state index in [2.05, 4.69) is 467 Å². The van der Waals surface area contributed by atoms with Gasteiger partial charge >= 0.3 is 0 Å². The maximum Gasteiger partial charge on any atom is 0.0464 e. The van der Waals surface area contributed by atoms with Gasteiger partial charge in [-0.2, -0.15) is 0 Å². The molecule has 0 saturated carbocycles. The molecular weight excluding hydrogens is 1440 g/mol. The van der Waals surface area contributed by atoms with Crippen molar-refractivity contribution < 1.29 is 0 Å². The third kappa shape index (κ3) is 26.9. The fraction of sp³-hybridized carbons (Fsp3) is 0.211. The summed E-state index contributed by atoms with van der Waals surface area (Å²) in [5.74, 6) is 0.801. The van der Waals surface area contributed by atoms with Gasteiger partial charge in [0, 0.05) is 85.3 Å². The SMILES string of the molecule is CCCCC(CC)Cc1ccc(N(c2ccccc2)c2ccccc2)cc1.CCCCCCCCc1ccc(N(c2ccccc2)c2ccccc2)cc1.CCCCc1ccc(N(c2ccccc2)c2ccccc2)cc1.CCc1ccc(N(c2ccccc2)c2ccccc2)cc1.Cc1ccc(N(c2ccccc2)c2ccccc2)cc1C. The minimum absolute atomic E-state index is 0.801. The van der Waals surface area contributed by atoms with Crippen LogP contribution in [0, 0.1) is 19.8 Å². The second-order valence-electron chi connectivity index (χ2n) is 30.6. The number of unbranched alkanes of at least 4 members (excludes halogenated alkanes) is 7. The van der Waals surface area contributed by atoms with Crippen LogP contribution in [0.3, 0.4) is 0 Å². The summed E-state index contributed by atoms with van der Waals surface area (Å²) in [5, 5.41) is 0. The molecule has 0 saturated heterocycles. The predicted molar refractivity (Wildman–Crippen MR) is 517 cm³/mol. The van der Waals surface area contributed by atoms with Crippen LogP contribution in [0.4, 0.5) is 85.3 Å². The lowest BCUT2D eigenvalue weighted by molar-refractivity contribution is 0.449. The fourth-order valence-electron chi connectivity index (χ4n) is 14.9. The zero-order valence-corrected chi connectivity index (χ0v) is 71.5. The van der Waals surface area contributed by atoms with E-state index in [9.17, 15) is 0 Å². The van der Waals surface area contributed by atoms with E-state index in [0.717, 1.165) is 18.8 Å². The molecule has 0 aliphatic rings. The molecule has 1 unspecified atom stereocenters. The van der Waals surface area contributed by atoms with Gasteiger partial charge < -0.3 is 24.5 Å². The molecule has 0 aromatic heterocycles. The normalized spacial score (nSPS) is 10.8. The van der Waals surface area contributed by atoms with E-state index in [0.29, 0.717) is 0 Å². The molecule has 119 heavy (non-hydrogen) atoms. The Kier molecular flexibility index (Phi) is 35.7. The standard InChI is InChI=1S/2C26H31N.C22H23N.2C20H19N/c1-3-5-12-22(4-2)21-23-17-19-26(20-18-23)27(24-13-8-6-9-14-24)25-15-10-7-11-16-25;1-2-3-4-5-6-9-14-23-19-21-26(22-20-23)27(24-15-10-7-11-16-24)25-17-12-8-13-18-25;1-2-3-10-19-15-17-22(18-16-19)23(20-11-6-4-7-12-20)21-13-8-5-9-14-21;1-16-13-14-20(15-17(16)2)21(18-9-5-3-6-10-18)19-11-7-4-8-12-19;1-2-17-13-15-20(16-14-17)21(18-9-5-3-6-10-18)19-11-7-4-8-12-19/h6-11,13-20,22H,3-5,12,21H2,1-2H3;7-8,10-13,15-22H,2-6,9,14H2,1H3;4-9,11-18H,2-3,10H2,1H3;3-15H,1-2H3;3-16H,2H2,1H3. The average Bonchev–Trinajstić information content (AvgIpc) is 0.847. The Morgan fingerprint density at radius 2 is 0.420 bits per heavy atom. The lowest BCUT2D eigenvalue weighted by Gasteiger charge is -2.26. The van der Waals surface area contributed by atoms with E-state index in [1.165, 1.54) is 209 Å². The van der Waals surface area contributed by atoms with Crippen molar-refractivity contribution in [3.8, 4) is 0 Å². The number of hydrogen-bond acceptors (Lipinski definition) is 5. The van der Waals surface area contributed by atoms with Crippen LogP contribution in [-0.2, 0) is 25.7 Å². The second kappa shape index (κ2) is 48.7. The molecule has 604 valence electrons. The van der Waals surface area contributed by atoms with Gasteiger partial charge in [-0.1, -0.05) is 335 Å². The van der Waals surface area contributed by atoms with Gasteiger partial charge in [0.05, 0.1) is 0 Å². The summed E-state index contributed by atoms with van der Waals surface area (Å²) in [6.07, 6.45) is 20.4. The third-order valence-electron chi connectivity index (χ3n) is 21.8. The van der Waals surface area contributed by atoms with Crippen molar-refractivity contribution in [3.63, 3.8) is 0 Å². The maximum absolute atomic E-state index is 2.32. The first kappa shape index (κ1) is 87.1. The van der Waals surface area contributed by atoms with Crippen LogP contribution in [0.2, 0.25) is 0 Å². The summed E-state index contributed by atoms with van der Waals surface area (Å²) in [7, 11) is 0. The molecule has 0 bridgehead atoms. The lowest BCUT2D eigenvalue weighted by atomic mass is 9.92. The maximum atomic E-state index is 2.32. The molecular formula is C114H123N5. The van der Waals surface area contributed by atoms with Crippen molar-refractivity contribution in [1.29, 1.82) is 0 Å². The number of benzene rings is 15. The Bertz CT molecular complexity index is 4980. The van der Waals surface area contributed by atoms with Crippen molar-refractivity contribution >= 4 is 85.3 Å². The zero-order chi connectivity index (χ0) is 82.7. The topological polar surface area (TPSA) is 16.2 Å². The molecule has 0 heterocycles. The van der Waals surface area contributed by atoms with Crippen LogP contribution < -0.4 is 24.5 Å². The molecule has 15 aromatic rings. The second-order valence-corrected chi connectivity index (χ2v) is 30.6. The first-order valence-electron chi connectivity index (χ1n) is 43.7.